The average molecular weight is 345 g/mol. The number of nitrogens with zero attached hydrogens (tertiary/aromatic N) is 2. The van der Waals surface area contributed by atoms with E-state index >= 15 is 0 Å². The zero-order valence-corrected chi connectivity index (χ0v) is 13.8. The smallest absolute Gasteiger partial charge is 0.145 e. The Balaban J connectivity index is 2.01. The van der Waals surface area contributed by atoms with Crippen LogP contribution in [0.1, 0.15) is 6.92 Å². The van der Waals surface area contributed by atoms with Crippen LogP contribution >= 0.6 is 11.6 Å². The molecule has 0 aliphatic carbocycles. The first-order valence-corrected chi connectivity index (χ1v) is 7.80. The number of phenolic OH excluding ortho intramolecular Hbond substituents is 1. The number of anilines is 2. The molecule has 0 unspecified atom stereocenters. The van der Waals surface area contributed by atoms with Gasteiger partial charge in [-0.2, -0.15) is 0 Å². The molecule has 0 fully saturated rings. The summed E-state index contributed by atoms with van der Waals surface area (Å²) in [6.45, 7) is 2.26. The monoisotopic (exact) mass is 344 g/mol. The van der Waals surface area contributed by atoms with Gasteiger partial charge in [-0.05, 0) is 37.3 Å². The van der Waals surface area contributed by atoms with Crippen molar-refractivity contribution in [2.75, 3.05) is 11.9 Å². The highest BCUT2D eigenvalue weighted by Gasteiger charge is 2.11. The van der Waals surface area contributed by atoms with E-state index in [1.54, 1.807) is 12.1 Å². The molecule has 0 saturated heterocycles. The van der Waals surface area contributed by atoms with Crippen LogP contribution in [0.3, 0.4) is 0 Å². The molecule has 0 saturated carbocycles. The maximum Gasteiger partial charge on any atom is 0.145 e. The minimum Gasteiger partial charge on any atom is -0.506 e. The summed E-state index contributed by atoms with van der Waals surface area (Å²) in [5.41, 5.74) is 7.21. The predicted molar refractivity (Wildman–Crippen MR) is 95.1 cm³/mol. The summed E-state index contributed by atoms with van der Waals surface area (Å²) in [5, 5.41) is 13.7. The third-order valence-electron chi connectivity index (χ3n) is 3.34. The topological polar surface area (TPSA) is 93.3 Å². The summed E-state index contributed by atoms with van der Waals surface area (Å²) in [6, 6.07) is 10.4. The van der Waals surface area contributed by atoms with E-state index in [1.807, 2.05) is 25.1 Å². The van der Waals surface area contributed by atoms with Crippen molar-refractivity contribution >= 4 is 34.0 Å². The second kappa shape index (κ2) is 6.90. The number of fused-ring (bicyclic) bond motifs is 1. The third kappa shape index (κ3) is 3.50. The number of benzene rings is 2. The quantitative estimate of drug-likeness (QED) is 0.614. The van der Waals surface area contributed by atoms with Gasteiger partial charge in [-0.25, -0.2) is 9.97 Å². The summed E-state index contributed by atoms with van der Waals surface area (Å²) in [6.07, 6.45) is 1.47. The van der Waals surface area contributed by atoms with Gasteiger partial charge in [0, 0.05) is 11.7 Å². The lowest BCUT2D eigenvalue weighted by Crippen LogP contribution is -2.23. The largest absolute Gasteiger partial charge is 0.506 e. The summed E-state index contributed by atoms with van der Waals surface area (Å²) in [4.78, 5) is 8.58. The van der Waals surface area contributed by atoms with E-state index in [9.17, 15) is 5.11 Å². The Morgan fingerprint density at radius 3 is 2.88 bits per heavy atom. The Morgan fingerprint density at radius 2 is 2.12 bits per heavy atom. The van der Waals surface area contributed by atoms with Gasteiger partial charge in [0.05, 0.1) is 15.9 Å². The number of halogens is 1. The zero-order valence-electron chi connectivity index (χ0n) is 13.0. The third-order valence-corrected chi connectivity index (χ3v) is 3.64. The highest BCUT2D eigenvalue weighted by atomic mass is 35.5. The van der Waals surface area contributed by atoms with Crippen molar-refractivity contribution in [2.24, 2.45) is 5.73 Å². The maximum absolute atomic E-state index is 9.53. The standard InChI is InChI=1S/C17H17ClN4O2/c1-10(19)8-24-15-4-2-3-13-16(15)17(21-9-20-13)22-11-5-6-14(23)12(18)7-11/h2-7,9-10,23H,8,19H2,1H3,(H,20,21,22)/t10-/m0/s1. The summed E-state index contributed by atoms with van der Waals surface area (Å²) >= 11 is 5.95. The van der Waals surface area contributed by atoms with Gasteiger partial charge in [-0.3, -0.25) is 0 Å². The predicted octanol–water partition coefficient (Wildman–Crippen LogP) is 3.46. The molecular formula is C17H17ClN4O2. The van der Waals surface area contributed by atoms with Gasteiger partial charge >= 0.3 is 0 Å². The first-order chi connectivity index (χ1) is 11.5. The Labute approximate surface area is 144 Å². The Morgan fingerprint density at radius 1 is 1.29 bits per heavy atom. The van der Waals surface area contributed by atoms with E-state index in [0.29, 0.717) is 23.9 Å². The number of aromatic nitrogens is 2. The fourth-order valence-electron chi connectivity index (χ4n) is 2.24. The molecule has 1 heterocycles. The number of ether oxygens (including phenoxy) is 1. The van der Waals surface area contributed by atoms with Gasteiger partial charge in [0.25, 0.3) is 0 Å². The highest BCUT2D eigenvalue weighted by Crippen LogP contribution is 2.33. The second-order valence-corrected chi connectivity index (χ2v) is 5.86. The van der Waals surface area contributed by atoms with Crippen LogP contribution in [0, 0.1) is 0 Å². The lowest BCUT2D eigenvalue weighted by molar-refractivity contribution is 0.299. The molecule has 3 rings (SSSR count). The molecular weight excluding hydrogens is 328 g/mol. The van der Waals surface area contributed by atoms with Crippen molar-refractivity contribution in [3.63, 3.8) is 0 Å². The van der Waals surface area contributed by atoms with E-state index in [-0.39, 0.29) is 16.8 Å². The molecule has 0 spiro atoms. The van der Waals surface area contributed by atoms with E-state index in [4.69, 9.17) is 22.1 Å². The molecule has 0 radical (unpaired) electrons. The van der Waals surface area contributed by atoms with E-state index in [1.165, 1.54) is 12.4 Å². The molecule has 2 aromatic carbocycles. The summed E-state index contributed by atoms with van der Waals surface area (Å²) < 4.78 is 5.79. The van der Waals surface area contributed by atoms with Gasteiger partial charge in [0.1, 0.15) is 30.3 Å². The van der Waals surface area contributed by atoms with Gasteiger partial charge in [0.2, 0.25) is 0 Å². The highest BCUT2D eigenvalue weighted by molar-refractivity contribution is 6.32. The molecule has 7 heteroatoms. The molecule has 0 aliphatic heterocycles. The molecule has 1 atom stereocenters. The van der Waals surface area contributed by atoms with Crippen LogP contribution < -0.4 is 15.8 Å². The number of phenols is 1. The number of rotatable bonds is 5. The summed E-state index contributed by atoms with van der Waals surface area (Å²) in [7, 11) is 0. The van der Waals surface area contributed by atoms with E-state index < -0.39 is 0 Å². The number of aromatic hydroxyl groups is 1. The first-order valence-electron chi connectivity index (χ1n) is 7.42. The van der Waals surface area contributed by atoms with Crippen LogP contribution in [-0.4, -0.2) is 27.7 Å². The van der Waals surface area contributed by atoms with Gasteiger partial charge < -0.3 is 20.9 Å². The minimum atomic E-state index is -0.0859. The molecule has 3 aromatic rings. The molecule has 1 aromatic heterocycles. The van der Waals surface area contributed by atoms with Crippen LogP contribution in [0.5, 0.6) is 11.5 Å². The molecule has 0 bridgehead atoms. The van der Waals surface area contributed by atoms with Crippen LogP contribution in [-0.2, 0) is 0 Å². The van der Waals surface area contributed by atoms with Gasteiger partial charge in [-0.1, -0.05) is 17.7 Å². The summed E-state index contributed by atoms with van der Waals surface area (Å²) in [5.74, 6) is 1.26. The molecule has 4 N–H and O–H groups in total. The van der Waals surface area contributed by atoms with Crippen LogP contribution in [0.2, 0.25) is 5.02 Å². The zero-order chi connectivity index (χ0) is 17.1. The molecule has 124 valence electrons. The lowest BCUT2D eigenvalue weighted by Gasteiger charge is -2.14. The van der Waals surface area contributed by atoms with Crippen molar-refractivity contribution in [1.29, 1.82) is 0 Å². The van der Waals surface area contributed by atoms with Gasteiger partial charge in [-0.15, -0.1) is 0 Å². The minimum absolute atomic E-state index is 0.0238. The fourth-order valence-corrected chi connectivity index (χ4v) is 2.42. The molecule has 0 amide bonds. The normalized spacial score (nSPS) is 12.1. The lowest BCUT2D eigenvalue weighted by atomic mass is 10.2. The number of hydrogen-bond donors (Lipinski definition) is 3. The Kier molecular flexibility index (Phi) is 4.69. The van der Waals surface area contributed by atoms with Gasteiger partial charge in [0.15, 0.2) is 0 Å². The van der Waals surface area contributed by atoms with Crippen molar-refractivity contribution in [2.45, 2.75) is 13.0 Å². The molecule has 0 aliphatic rings. The fraction of sp³-hybridized carbons (Fsp3) is 0.176. The van der Waals surface area contributed by atoms with Crippen molar-refractivity contribution in [1.82, 2.24) is 9.97 Å². The van der Waals surface area contributed by atoms with E-state index in [0.717, 1.165) is 10.9 Å². The Hall–Kier alpha value is -2.57. The number of nitrogens with one attached hydrogen (secondary N) is 1. The maximum atomic E-state index is 9.53. The second-order valence-electron chi connectivity index (χ2n) is 5.45. The Bertz CT molecular complexity index is 865. The molecule has 24 heavy (non-hydrogen) atoms. The van der Waals surface area contributed by atoms with Crippen LogP contribution in [0.15, 0.2) is 42.7 Å². The van der Waals surface area contributed by atoms with Crippen LogP contribution in [0.25, 0.3) is 10.9 Å². The molecule has 6 nitrogen and oxygen atoms in total. The number of hydrogen-bond acceptors (Lipinski definition) is 6. The van der Waals surface area contributed by atoms with Crippen molar-refractivity contribution in [3.05, 3.63) is 47.7 Å². The average Bonchev–Trinajstić information content (AvgIpc) is 2.56. The van der Waals surface area contributed by atoms with Crippen molar-refractivity contribution in [3.8, 4) is 11.5 Å². The first kappa shape index (κ1) is 16.3. The van der Waals surface area contributed by atoms with Crippen LogP contribution in [0.4, 0.5) is 11.5 Å². The van der Waals surface area contributed by atoms with Crippen molar-refractivity contribution < 1.29 is 9.84 Å². The van der Waals surface area contributed by atoms with E-state index in [2.05, 4.69) is 15.3 Å². The SMILES string of the molecule is C[C@H](N)COc1cccc2ncnc(Nc3ccc(O)c(Cl)c3)c12. The number of nitrogens with two attached hydrogens (primary N) is 1.